The number of sulfonamides is 1. The van der Waals surface area contributed by atoms with E-state index in [1.807, 2.05) is 0 Å². The van der Waals surface area contributed by atoms with Gasteiger partial charge in [0.1, 0.15) is 0 Å². The molecule has 1 aliphatic rings. The summed E-state index contributed by atoms with van der Waals surface area (Å²) in [7, 11) is -4.01. The summed E-state index contributed by atoms with van der Waals surface area (Å²) in [5, 5.41) is 2.83. The summed E-state index contributed by atoms with van der Waals surface area (Å²) < 4.78 is 26.8. The van der Waals surface area contributed by atoms with Gasteiger partial charge in [0.15, 0.2) is 0 Å². The van der Waals surface area contributed by atoms with Gasteiger partial charge in [-0.05, 0) is 55.7 Å². The SMILES string of the molecule is Cc1ccccc1C(=O)NS(=O)(=O)c1ccc(C(=O)NC2CC2)cc1. The molecule has 0 aliphatic heterocycles. The van der Waals surface area contributed by atoms with Crippen molar-refractivity contribution in [1.82, 2.24) is 10.0 Å². The molecule has 0 unspecified atom stereocenters. The Morgan fingerprint density at radius 2 is 1.60 bits per heavy atom. The van der Waals surface area contributed by atoms with E-state index in [1.165, 1.54) is 24.3 Å². The van der Waals surface area contributed by atoms with Crippen LogP contribution in [0.2, 0.25) is 0 Å². The van der Waals surface area contributed by atoms with Gasteiger partial charge in [-0.25, -0.2) is 13.1 Å². The standard InChI is InChI=1S/C18H18N2O4S/c1-12-4-2-3-5-16(12)18(22)20-25(23,24)15-10-6-13(7-11-15)17(21)19-14-8-9-14/h2-7,10-11,14H,8-9H2,1H3,(H,19,21)(H,20,22). The molecule has 130 valence electrons. The molecular formula is C18H18N2O4S. The smallest absolute Gasteiger partial charge is 0.265 e. The average Bonchev–Trinajstić information content (AvgIpc) is 3.39. The Morgan fingerprint density at radius 3 is 2.20 bits per heavy atom. The van der Waals surface area contributed by atoms with Crippen molar-refractivity contribution < 1.29 is 18.0 Å². The Balaban J connectivity index is 1.74. The lowest BCUT2D eigenvalue weighted by Crippen LogP contribution is -2.31. The van der Waals surface area contributed by atoms with Gasteiger partial charge in [-0.15, -0.1) is 0 Å². The molecule has 0 bridgehead atoms. The first kappa shape index (κ1) is 17.2. The van der Waals surface area contributed by atoms with Gasteiger partial charge in [0.2, 0.25) is 0 Å². The maximum atomic E-state index is 12.4. The van der Waals surface area contributed by atoms with Crippen molar-refractivity contribution in [3.63, 3.8) is 0 Å². The van der Waals surface area contributed by atoms with E-state index >= 15 is 0 Å². The maximum Gasteiger partial charge on any atom is 0.265 e. The van der Waals surface area contributed by atoms with Crippen LogP contribution < -0.4 is 10.0 Å². The van der Waals surface area contributed by atoms with Crippen molar-refractivity contribution in [2.75, 3.05) is 0 Å². The lowest BCUT2D eigenvalue weighted by molar-refractivity contribution is 0.0948. The van der Waals surface area contributed by atoms with Crippen molar-refractivity contribution in [1.29, 1.82) is 0 Å². The molecule has 2 N–H and O–H groups in total. The third-order valence-corrected chi connectivity index (χ3v) is 5.30. The molecule has 0 spiro atoms. The van der Waals surface area contributed by atoms with Crippen molar-refractivity contribution >= 4 is 21.8 Å². The van der Waals surface area contributed by atoms with Crippen molar-refractivity contribution in [2.24, 2.45) is 0 Å². The first-order chi connectivity index (χ1) is 11.9. The molecule has 6 nitrogen and oxygen atoms in total. The molecule has 0 saturated heterocycles. The van der Waals surface area contributed by atoms with Crippen LogP contribution >= 0.6 is 0 Å². The highest BCUT2D eigenvalue weighted by molar-refractivity contribution is 7.90. The van der Waals surface area contributed by atoms with Crippen molar-refractivity contribution in [2.45, 2.75) is 30.7 Å². The van der Waals surface area contributed by atoms with Gasteiger partial charge in [0.05, 0.1) is 4.90 Å². The number of aryl methyl sites for hydroxylation is 1. The number of carbonyl (C=O) groups excluding carboxylic acids is 2. The van der Waals surface area contributed by atoms with E-state index in [2.05, 4.69) is 10.0 Å². The third kappa shape index (κ3) is 4.06. The molecule has 0 atom stereocenters. The monoisotopic (exact) mass is 358 g/mol. The molecule has 1 fully saturated rings. The van der Waals surface area contributed by atoms with Crippen LogP contribution in [0.1, 0.15) is 39.1 Å². The Morgan fingerprint density at radius 1 is 0.960 bits per heavy atom. The quantitative estimate of drug-likeness (QED) is 0.855. The predicted molar refractivity (Wildman–Crippen MR) is 92.8 cm³/mol. The second-order valence-electron chi connectivity index (χ2n) is 6.02. The minimum absolute atomic E-state index is 0.0718. The Kier molecular flexibility index (Phi) is 4.59. The largest absolute Gasteiger partial charge is 0.349 e. The van der Waals surface area contributed by atoms with Crippen molar-refractivity contribution in [3.8, 4) is 0 Å². The summed E-state index contributed by atoms with van der Waals surface area (Å²) in [6.45, 7) is 1.73. The van der Waals surface area contributed by atoms with E-state index in [4.69, 9.17) is 0 Å². The van der Waals surface area contributed by atoms with Crippen LogP contribution in [0.3, 0.4) is 0 Å². The molecule has 2 aromatic carbocycles. The topological polar surface area (TPSA) is 92.3 Å². The number of hydrogen-bond donors (Lipinski definition) is 2. The second-order valence-corrected chi connectivity index (χ2v) is 7.70. The third-order valence-electron chi connectivity index (χ3n) is 3.96. The number of amides is 2. The number of carbonyl (C=O) groups is 2. The van der Waals surface area contributed by atoms with Gasteiger partial charge in [0, 0.05) is 17.2 Å². The fourth-order valence-electron chi connectivity index (χ4n) is 2.35. The van der Waals surface area contributed by atoms with Gasteiger partial charge in [-0.3, -0.25) is 9.59 Å². The van der Waals surface area contributed by atoms with E-state index in [9.17, 15) is 18.0 Å². The van der Waals surface area contributed by atoms with Crippen LogP contribution in [0.4, 0.5) is 0 Å². The van der Waals surface area contributed by atoms with E-state index < -0.39 is 15.9 Å². The highest BCUT2D eigenvalue weighted by Crippen LogP contribution is 2.20. The lowest BCUT2D eigenvalue weighted by atomic mass is 10.1. The number of rotatable bonds is 5. The number of benzene rings is 2. The molecule has 2 aromatic rings. The fraction of sp³-hybridized carbons (Fsp3) is 0.222. The molecule has 3 rings (SSSR count). The van der Waals surface area contributed by atoms with Gasteiger partial charge in [-0.2, -0.15) is 0 Å². The van der Waals surface area contributed by atoms with Crippen LogP contribution in [0.5, 0.6) is 0 Å². The summed E-state index contributed by atoms with van der Waals surface area (Å²) in [6.07, 6.45) is 1.95. The Bertz CT molecular complexity index is 916. The van der Waals surface area contributed by atoms with Crippen LogP contribution in [0.15, 0.2) is 53.4 Å². The molecule has 0 aromatic heterocycles. The first-order valence-electron chi connectivity index (χ1n) is 7.90. The van der Waals surface area contributed by atoms with E-state index in [1.54, 1.807) is 31.2 Å². The van der Waals surface area contributed by atoms with E-state index in [0.29, 0.717) is 16.7 Å². The van der Waals surface area contributed by atoms with Crippen LogP contribution in [-0.2, 0) is 10.0 Å². The Hall–Kier alpha value is -2.67. The first-order valence-corrected chi connectivity index (χ1v) is 9.39. The summed E-state index contributed by atoms with van der Waals surface area (Å²) in [4.78, 5) is 24.1. The highest BCUT2D eigenvalue weighted by Gasteiger charge is 2.24. The van der Waals surface area contributed by atoms with Gasteiger partial charge < -0.3 is 5.32 Å². The molecule has 0 heterocycles. The zero-order valence-electron chi connectivity index (χ0n) is 13.7. The van der Waals surface area contributed by atoms with Gasteiger partial charge in [-0.1, -0.05) is 18.2 Å². The Labute approximate surface area is 146 Å². The average molecular weight is 358 g/mol. The molecule has 1 aliphatic carbocycles. The molecule has 7 heteroatoms. The van der Waals surface area contributed by atoms with Gasteiger partial charge in [0.25, 0.3) is 21.8 Å². The minimum atomic E-state index is -4.01. The summed E-state index contributed by atoms with van der Waals surface area (Å²) in [5.41, 5.74) is 1.37. The fourth-order valence-corrected chi connectivity index (χ4v) is 3.31. The summed E-state index contributed by atoms with van der Waals surface area (Å²) in [5.74, 6) is -0.913. The zero-order chi connectivity index (χ0) is 18.0. The predicted octanol–water partition coefficient (Wildman–Crippen LogP) is 2.01. The second kappa shape index (κ2) is 6.68. The summed E-state index contributed by atoms with van der Waals surface area (Å²) in [6, 6.07) is 12.5. The summed E-state index contributed by atoms with van der Waals surface area (Å²) >= 11 is 0. The van der Waals surface area contributed by atoms with Gasteiger partial charge >= 0.3 is 0 Å². The van der Waals surface area contributed by atoms with Crippen LogP contribution in [-0.4, -0.2) is 26.3 Å². The molecule has 1 saturated carbocycles. The molecule has 2 amide bonds. The minimum Gasteiger partial charge on any atom is -0.349 e. The van der Waals surface area contributed by atoms with E-state index in [-0.39, 0.29) is 16.8 Å². The number of nitrogens with one attached hydrogen (secondary N) is 2. The van der Waals surface area contributed by atoms with Crippen molar-refractivity contribution in [3.05, 3.63) is 65.2 Å². The number of hydrogen-bond acceptors (Lipinski definition) is 4. The molecule has 0 radical (unpaired) electrons. The maximum absolute atomic E-state index is 12.4. The lowest BCUT2D eigenvalue weighted by Gasteiger charge is -2.09. The van der Waals surface area contributed by atoms with Crippen LogP contribution in [0, 0.1) is 6.92 Å². The van der Waals surface area contributed by atoms with E-state index in [0.717, 1.165) is 12.8 Å². The van der Waals surface area contributed by atoms with Crippen LogP contribution in [0.25, 0.3) is 0 Å². The highest BCUT2D eigenvalue weighted by atomic mass is 32.2. The molecule has 25 heavy (non-hydrogen) atoms. The molecular weight excluding hydrogens is 340 g/mol. The zero-order valence-corrected chi connectivity index (χ0v) is 14.5. The normalized spacial score (nSPS) is 14.0.